The van der Waals surface area contributed by atoms with Crippen LogP contribution >= 0.6 is 0 Å². The van der Waals surface area contributed by atoms with Crippen molar-refractivity contribution in [2.24, 2.45) is 5.92 Å². The van der Waals surface area contributed by atoms with Gasteiger partial charge in [0, 0.05) is 18.7 Å². The quantitative estimate of drug-likeness (QED) is 0.837. The maximum atomic E-state index is 12.5. The van der Waals surface area contributed by atoms with E-state index in [0.717, 1.165) is 42.6 Å². The number of rotatable bonds is 6. The minimum atomic E-state index is -3.25. The summed E-state index contributed by atoms with van der Waals surface area (Å²) in [7, 11) is -3.25. The Balaban J connectivity index is 1.72. The molecule has 2 aliphatic rings. The number of hydrogen-bond acceptors (Lipinski definition) is 3. The maximum Gasteiger partial charge on any atom is 0.235 e. The topological polar surface area (TPSA) is 66.5 Å². The molecule has 0 radical (unpaired) electrons. The molecule has 1 aliphatic carbocycles. The minimum absolute atomic E-state index is 0.0677. The summed E-state index contributed by atoms with van der Waals surface area (Å²) in [5, 5.41) is 2.99. The predicted octanol–water partition coefficient (Wildman–Crippen LogP) is 3.70. The molecule has 138 valence electrons. The second kappa shape index (κ2) is 7.77. The fraction of sp³-hybridized carbons (Fsp3) is 0.632. The van der Waals surface area contributed by atoms with Crippen LogP contribution in [-0.4, -0.2) is 26.6 Å². The Morgan fingerprint density at radius 3 is 2.72 bits per heavy atom. The third-order valence-electron chi connectivity index (χ3n) is 5.19. The van der Waals surface area contributed by atoms with Gasteiger partial charge in [0.2, 0.25) is 15.9 Å². The van der Waals surface area contributed by atoms with Gasteiger partial charge < -0.3 is 5.32 Å². The van der Waals surface area contributed by atoms with E-state index < -0.39 is 10.0 Å². The predicted molar refractivity (Wildman–Crippen MR) is 101 cm³/mol. The van der Waals surface area contributed by atoms with E-state index in [-0.39, 0.29) is 11.7 Å². The maximum absolute atomic E-state index is 12.5. The molecule has 0 unspecified atom stereocenters. The van der Waals surface area contributed by atoms with Gasteiger partial charge in [0.25, 0.3) is 0 Å². The molecule has 0 spiro atoms. The first-order chi connectivity index (χ1) is 12.0. The number of carbonyl (C=O) groups excluding carboxylic acids is 1. The van der Waals surface area contributed by atoms with Crippen molar-refractivity contribution in [2.75, 3.05) is 21.9 Å². The van der Waals surface area contributed by atoms with Crippen molar-refractivity contribution in [3.63, 3.8) is 0 Å². The van der Waals surface area contributed by atoms with Crippen molar-refractivity contribution in [3.05, 3.63) is 23.8 Å². The van der Waals surface area contributed by atoms with E-state index >= 15 is 0 Å². The summed E-state index contributed by atoms with van der Waals surface area (Å²) in [5.41, 5.74) is 2.55. The van der Waals surface area contributed by atoms with Crippen molar-refractivity contribution in [2.45, 2.75) is 58.3 Å². The molecule has 0 atom stereocenters. The second-order valence-corrected chi connectivity index (χ2v) is 9.25. The molecule has 1 saturated carbocycles. The first-order valence-corrected chi connectivity index (χ1v) is 11.0. The van der Waals surface area contributed by atoms with Gasteiger partial charge in [0.15, 0.2) is 0 Å². The van der Waals surface area contributed by atoms with E-state index in [1.54, 1.807) is 4.31 Å². The Bertz CT molecular complexity index is 724. The molecular weight excluding hydrogens is 336 g/mol. The van der Waals surface area contributed by atoms with Crippen molar-refractivity contribution in [1.29, 1.82) is 0 Å². The average Bonchev–Trinajstić information content (AvgIpc) is 3.06. The number of sulfonamides is 1. The normalized spacial score (nSPS) is 18.2. The number of anilines is 2. The largest absolute Gasteiger partial charge is 0.326 e. The number of amides is 1. The number of hydrogen-bond donors (Lipinski definition) is 1. The molecular formula is C19H28N2O3S. The van der Waals surface area contributed by atoms with Gasteiger partial charge in [-0.05, 0) is 61.8 Å². The highest BCUT2D eigenvalue weighted by Gasteiger charge is 2.27. The van der Waals surface area contributed by atoms with Crippen LogP contribution in [0.4, 0.5) is 11.4 Å². The molecule has 0 bridgehead atoms. The molecule has 0 aromatic heterocycles. The molecule has 1 amide bonds. The summed E-state index contributed by atoms with van der Waals surface area (Å²) in [6.45, 7) is 2.42. The zero-order valence-corrected chi connectivity index (χ0v) is 15.8. The lowest BCUT2D eigenvalue weighted by Crippen LogP contribution is -2.37. The van der Waals surface area contributed by atoms with Crippen LogP contribution in [-0.2, 0) is 21.2 Å². The molecule has 1 N–H and O–H groups in total. The molecule has 25 heavy (non-hydrogen) atoms. The van der Waals surface area contributed by atoms with Crippen molar-refractivity contribution in [3.8, 4) is 0 Å². The number of aryl methyl sites for hydroxylation is 1. The van der Waals surface area contributed by atoms with Gasteiger partial charge in [0.1, 0.15) is 0 Å². The van der Waals surface area contributed by atoms with E-state index in [1.165, 1.54) is 12.8 Å². The minimum Gasteiger partial charge on any atom is -0.326 e. The molecule has 5 nitrogen and oxygen atoms in total. The molecule has 6 heteroatoms. The number of benzene rings is 1. The molecule has 1 aliphatic heterocycles. The number of nitrogens with zero attached hydrogens (tertiary/aromatic N) is 1. The molecule has 1 fully saturated rings. The van der Waals surface area contributed by atoms with Crippen LogP contribution in [0.1, 0.15) is 57.4 Å². The van der Waals surface area contributed by atoms with Gasteiger partial charge in [-0.15, -0.1) is 0 Å². The third-order valence-corrected chi connectivity index (χ3v) is 7.16. The van der Waals surface area contributed by atoms with Crippen molar-refractivity contribution in [1.82, 2.24) is 0 Å². The molecule has 1 aromatic rings. The summed E-state index contributed by atoms with van der Waals surface area (Å²) in [6.07, 6.45) is 7.65. The highest BCUT2D eigenvalue weighted by molar-refractivity contribution is 7.92. The second-order valence-electron chi connectivity index (χ2n) is 7.24. The third kappa shape index (κ3) is 4.35. The van der Waals surface area contributed by atoms with Crippen LogP contribution in [0, 0.1) is 5.92 Å². The van der Waals surface area contributed by atoms with Gasteiger partial charge >= 0.3 is 0 Å². The zero-order valence-electron chi connectivity index (χ0n) is 15.0. The van der Waals surface area contributed by atoms with Crippen LogP contribution in [0.2, 0.25) is 0 Å². The summed E-state index contributed by atoms with van der Waals surface area (Å²) in [4.78, 5) is 12.2. The Hall–Kier alpha value is -1.56. The van der Waals surface area contributed by atoms with Gasteiger partial charge in [0.05, 0.1) is 11.4 Å². The van der Waals surface area contributed by atoms with E-state index in [1.807, 2.05) is 25.1 Å². The Morgan fingerprint density at radius 2 is 2.00 bits per heavy atom. The molecule has 0 saturated heterocycles. The standard InChI is InChI=1S/C19H28N2O3S/c1-2-12-25(23,24)21-11-5-8-16-14-17(9-10-18(16)21)20-19(22)13-15-6-3-4-7-15/h9-10,14-15H,2-8,11-13H2,1H3,(H,20,22). The zero-order chi connectivity index (χ0) is 17.9. The van der Waals surface area contributed by atoms with E-state index in [2.05, 4.69) is 5.32 Å². The summed E-state index contributed by atoms with van der Waals surface area (Å²) in [5.74, 6) is 0.761. The summed E-state index contributed by atoms with van der Waals surface area (Å²) < 4.78 is 26.5. The molecule has 3 rings (SSSR count). The number of fused-ring (bicyclic) bond motifs is 1. The van der Waals surface area contributed by atoms with Gasteiger partial charge in [-0.2, -0.15) is 0 Å². The first kappa shape index (κ1) is 18.2. The van der Waals surface area contributed by atoms with Gasteiger partial charge in [-0.3, -0.25) is 9.10 Å². The average molecular weight is 365 g/mol. The SMILES string of the molecule is CCCS(=O)(=O)N1CCCc2cc(NC(=O)CC3CCCC3)ccc21. The highest BCUT2D eigenvalue weighted by Crippen LogP contribution is 2.32. The van der Waals surface area contributed by atoms with Crippen LogP contribution in [0.5, 0.6) is 0 Å². The number of nitrogens with one attached hydrogen (secondary N) is 1. The van der Waals surface area contributed by atoms with E-state index in [9.17, 15) is 13.2 Å². The van der Waals surface area contributed by atoms with Crippen LogP contribution in [0.3, 0.4) is 0 Å². The van der Waals surface area contributed by atoms with E-state index in [0.29, 0.717) is 25.3 Å². The fourth-order valence-corrected chi connectivity index (χ4v) is 5.61. The highest BCUT2D eigenvalue weighted by atomic mass is 32.2. The first-order valence-electron chi connectivity index (χ1n) is 9.43. The Morgan fingerprint density at radius 1 is 1.24 bits per heavy atom. The Labute approximate surface area is 150 Å². The number of carbonyl (C=O) groups is 1. The monoisotopic (exact) mass is 364 g/mol. The Kier molecular flexibility index (Phi) is 5.67. The molecule has 1 heterocycles. The lowest BCUT2D eigenvalue weighted by Gasteiger charge is -2.30. The van der Waals surface area contributed by atoms with Crippen LogP contribution < -0.4 is 9.62 Å². The van der Waals surface area contributed by atoms with Gasteiger partial charge in [-0.1, -0.05) is 19.8 Å². The summed E-state index contributed by atoms with van der Waals surface area (Å²) >= 11 is 0. The molecule has 1 aromatic carbocycles. The fourth-order valence-electron chi connectivity index (χ4n) is 3.99. The van der Waals surface area contributed by atoms with Crippen molar-refractivity contribution < 1.29 is 13.2 Å². The van der Waals surface area contributed by atoms with Gasteiger partial charge in [-0.25, -0.2) is 8.42 Å². The van der Waals surface area contributed by atoms with E-state index in [4.69, 9.17) is 0 Å². The van der Waals surface area contributed by atoms with Crippen LogP contribution in [0.25, 0.3) is 0 Å². The lowest BCUT2D eigenvalue weighted by molar-refractivity contribution is -0.117. The van der Waals surface area contributed by atoms with Crippen LogP contribution in [0.15, 0.2) is 18.2 Å². The summed E-state index contributed by atoms with van der Waals surface area (Å²) in [6, 6.07) is 5.60. The van der Waals surface area contributed by atoms with Crippen molar-refractivity contribution >= 4 is 27.3 Å². The smallest absolute Gasteiger partial charge is 0.235 e. The lowest BCUT2D eigenvalue weighted by atomic mass is 10.0.